The lowest BCUT2D eigenvalue weighted by molar-refractivity contribution is 0.871. The van der Waals surface area contributed by atoms with Crippen LogP contribution < -0.4 is 5.43 Å². The average Bonchev–Trinajstić information content (AvgIpc) is 2.28. The van der Waals surface area contributed by atoms with Crippen molar-refractivity contribution in [1.82, 2.24) is 4.98 Å². The van der Waals surface area contributed by atoms with E-state index in [4.69, 9.17) is 5.26 Å². The summed E-state index contributed by atoms with van der Waals surface area (Å²) in [6.45, 7) is 4.17. The molecule has 0 spiro atoms. The highest BCUT2D eigenvalue weighted by Crippen LogP contribution is 2.22. The Morgan fingerprint density at radius 2 is 2.18 bits per heavy atom. The van der Waals surface area contributed by atoms with E-state index in [0.29, 0.717) is 17.0 Å². The molecule has 1 aromatic heterocycles. The van der Waals surface area contributed by atoms with Gasteiger partial charge in [0.2, 0.25) is 0 Å². The van der Waals surface area contributed by atoms with E-state index in [1.165, 1.54) is 6.07 Å². The van der Waals surface area contributed by atoms with Crippen LogP contribution in [0, 0.1) is 11.3 Å². The molecular weight excluding hydrogens is 212 g/mol. The van der Waals surface area contributed by atoms with Gasteiger partial charge in [-0.25, -0.2) is 0 Å². The molecule has 0 amide bonds. The second kappa shape index (κ2) is 4.42. The van der Waals surface area contributed by atoms with Crippen LogP contribution in [0.1, 0.15) is 31.0 Å². The number of benzene rings is 1. The molecule has 0 saturated heterocycles. The van der Waals surface area contributed by atoms with Crippen LogP contribution in [0.15, 0.2) is 29.1 Å². The number of nitrogens with zero attached hydrogens (tertiary/aromatic N) is 1. The molecule has 0 aliphatic carbocycles. The predicted octanol–water partition coefficient (Wildman–Crippen LogP) is 2.72. The predicted molar refractivity (Wildman–Crippen MR) is 68.0 cm³/mol. The molecule has 0 aliphatic heterocycles. The zero-order chi connectivity index (χ0) is 12.4. The van der Waals surface area contributed by atoms with Crippen LogP contribution in [0.3, 0.4) is 0 Å². The van der Waals surface area contributed by atoms with Crippen molar-refractivity contribution in [2.75, 3.05) is 0 Å². The van der Waals surface area contributed by atoms with Crippen LogP contribution in [0.4, 0.5) is 0 Å². The molecule has 17 heavy (non-hydrogen) atoms. The van der Waals surface area contributed by atoms with E-state index >= 15 is 0 Å². The summed E-state index contributed by atoms with van der Waals surface area (Å²) >= 11 is 0. The monoisotopic (exact) mass is 226 g/mol. The van der Waals surface area contributed by atoms with Gasteiger partial charge in [-0.1, -0.05) is 26.0 Å². The van der Waals surface area contributed by atoms with Gasteiger partial charge in [-0.05, 0) is 17.5 Å². The number of aromatic nitrogens is 1. The Kier molecular flexibility index (Phi) is 2.97. The summed E-state index contributed by atoms with van der Waals surface area (Å²) < 4.78 is 0. The Labute approximate surface area is 99.7 Å². The number of aromatic amines is 1. The first kappa shape index (κ1) is 11.4. The van der Waals surface area contributed by atoms with Gasteiger partial charge in [-0.15, -0.1) is 0 Å². The van der Waals surface area contributed by atoms with Crippen molar-refractivity contribution in [2.45, 2.75) is 26.2 Å². The molecule has 2 rings (SSSR count). The van der Waals surface area contributed by atoms with Crippen molar-refractivity contribution in [2.24, 2.45) is 0 Å². The molecule has 3 nitrogen and oxygen atoms in total. The number of nitriles is 1. The zero-order valence-corrected chi connectivity index (χ0v) is 9.95. The second-order valence-corrected chi connectivity index (χ2v) is 4.42. The Hall–Kier alpha value is -2.08. The minimum absolute atomic E-state index is 0.0218. The number of pyridine rings is 1. The molecule has 1 heterocycles. The summed E-state index contributed by atoms with van der Waals surface area (Å²) in [5, 5.41) is 9.38. The van der Waals surface area contributed by atoms with Gasteiger partial charge in [0.15, 0.2) is 5.43 Å². The molecule has 0 bridgehead atoms. The maximum atomic E-state index is 11.9. The van der Waals surface area contributed by atoms with Crippen molar-refractivity contribution in [3.63, 3.8) is 0 Å². The number of rotatable bonds is 2. The first-order valence-electron chi connectivity index (χ1n) is 5.65. The molecule has 0 atom stereocenters. The topological polar surface area (TPSA) is 56.6 Å². The number of fused-ring (bicyclic) bond motifs is 1. The van der Waals surface area contributed by atoms with Gasteiger partial charge in [0.1, 0.15) is 0 Å². The molecule has 0 saturated carbocycles. The molecule has 1 aromatic carbocycles. The van der Waals surface area contributed by atoms with E-state index in [2.05, 4.69) is 24.9 Å². The number of nitrogens with one attached hydrogen (secondary N) is 1. The maximum Gasteiger partial charge on any atom is 0.189 e. The smallest absolute Gasteiger partial charge is 0.189 e. The molecular formula is C14H14N2O. The number of para-hydroxylation sites is 1. The summed E-state index contributed by atoms with van der Waals surface area (Å²) in [5.41, 5.74) is 2.63. The highest BCUT2D eigenvalue weighted by Gasteiger charge is 2.08. The molecule has 1 N–H and O–H groups in total. The van der Waals surface area contributed by atoms with E-state index < -0.39 is 0 Å². The Morgan fingerprint density at radius 3 is 2.82 bits per heavy atom. The Balaban J connectivity index is 2.79. The summed E-state index contributed by atoms with van der Waals surface area (Å²) in [4.78, 5) is 15.1. The first-order valence-corrected chi connectivity index (χ1v) is 5.65. The quantitative estimate of drug-likeness (QED) is 0.855. The minimum Gasteiger partial charge on any atom is -0.357 e. The van der Waals surface area contributed by atoms with E-state index in [1.807, 2.05) is 18.2 Å². The van der Waals surface area contributed by atoms with Crippen LogP contribution in [-0.2, 0) is 6.42 Å². The van der Waals surface area contributed by atoms with Gasteiger partial charge in [-0.2, -0.15) is 5.26 Å². The van der Waals surface area contributed by atoms with Crippen molar-refractivity contribution in [3.8, 4) is 6.07 Å². The van der Waals surface area contributed by atoms with Gasteiger partial charge in [0, 0.05) is 17.1 Å². The fourth-order valence-electron chi connectivity index (χ4n) is 2.01. The summed E-state index contributed by atoms with van der Waals surface area (Å²) in [5.74, 6) is 0.340. The van der Waals surface area contributed by atoms with Crippen molar-refractivity contribution in [1.29, 1.82) is 5.26 Å². The van der Waals surface area contributed by atoms with Crippen molar-refractivity contribution in [3.05, 3.63) is 45.7 Å². The number of hydrogen-bond donors (Lipinski definition) is 1. The van der Waals surface area contributed by atoms with E-state index in [9.17, 15) is 4.79 Å². The van der Waals surface area contributed by atoms with Gasteiger partial charge in [0.05, 0.1) is 18.0 Å². The van der Waals surface area contributed by atoms with Crippen molar-refractivity contribution < 1.29 is 0 Å². The Morgan fingerprint density at radius 1 is 1.41 bits per heavy atom. The molecule has 0 radical (unpaired) electrons. The van der Waals surface area contributed by atoms with Gasteiger partial charge in [-0.3, -0.25) is 4.79 Å². The molecule has 86 valence electrons. The largest absolute Gasteiger partial charge is 0.357 e. The zero-order valence-electron chi connectivity index (χ0n) is 9.95. The minimum atomic E-state index is -0.0218. The SMILES string of the molecule is CC(C)c1cccc2c(=O)cc(CC#N)[nH]c12. The van der Waals surface area contributed by atoms with Gasteiger partial charge >= 0.3 is 0 Å². The fourth-order valence-corrected chi connectivity index (χ4v) is 2.01. The van der Waals surface area contributed by atoms with Crippen LogP contribution in [0.2, 0.25) is 0 Å². The molecule has 2 aromatic rings. The normalized spacial score (nSPS) is 10.7. The lowest BCUT2D eigenvalue weighted by atomic mass is 9.99. The summed E-state index contributed by atoms with van der Waals surface area (Å²) in [7, 11) is 0. The third-order valence-electron chi connectivity index (χ3n) is 2.84. The third kappa shape index (κ3) is 2.07. The lowest BCUT2D eigenvalue weighted by Crippen LogP contribution is -2.07. The lowest BCUT2D eigenvalue weighted by Gasteiger charge is -2.10. The molecule has 3 heteroatoms. The molecule has 0 unspecified atom stereocenters. The van der Waals surface area contributed by atoms with Gasteiger partial charge < -0.3 is 4.98 Å². The standard InChI is InChI=1S/C14H14N2O/c1-9(2)11-4-3-5-12-13(17)8-10(6-7-15)16-14(11)12/h3-5,8-9H,6H2,1-2H3,(H,16,17). The maximum absolute atomic E-state index is 11.9. The first-order chi connectivity index (χ1) is 8.13. The van der Waals surface area contributed by atoms with E-state index in [-0.39, 0.29) is 11.8 Å². The highest BCUT2D eigenvalue weighted by molar-refractivity contribution is 5.82. The van der Waals surface area contributed by atoms with E-state index in [1.54, 1.807) is 0 Å². The Bertz CT molecular complexity index is 647. The third-order valence-corrected chi connectivity index (χ3v) is 2.84. The van der Waals surface area contributed by atoms with Crippen molar-refractivity contribution >= 4 is 10.9 Å². The van der Waals surface area contributed by atoms with Crippen LogP contribution in [0.5, 0.6) is 0 Å². The summed E-state index contributed by atoms with van der Waals surface area (Å²) in [6, 6.07) is 9.29. The summed E-state index contributed by atoms with van der Waals surface area (Å²) in [6.07, 6.45) is 0.234. The number of H-pyrrole nitrogens is 1. The second-order valence-electron chi connectivity index (χ2n) is 4.42. The van der Waals surface area contributed by atoms with Crippen LogP contribution in [-0.4, -0.2) is 4.98 Å². The molecule has 0 aliphatic rings. The van der Waals surface area contributed by atoms with Crippen LogP contribution >= 0.6 is 0 Å². The molecule has 0 fully saturated rings. The highest BCUT2D eigenvalue weighted by atomic mass is 16.1. The van der Waals surface area contributed by atoms with E-state index in [0.717, 1.165) is 11.1 Å². The average molecular weight is 226 g/mol. The fraction of sp³-hybridized carbons (Fsp3) is 0.286. The van der Waals surface area contributed by atoms with Gasteiger partial charge in [0.25, 0.3) is 0 Å². The number of hydrogen-bond acceptors (Lipinski definition) is 2. The van der Waals surface area contributed by atoms with Crippen LogP contribution in [0.25, 0.3) is 10.9 Å².